The van der Waals surface area contributed by atoms with Crippen LogP contribution in [0.5, 0.6) is 0 Å². The largest absolute Gasteiger partial charge is 0.332 e. The number of halogens is 11. The summed E-state index contributed by atoms with van der Waals surface area (Å²) >= 11 is 3.46. The van der Waals surface area contributed by atoms with Crippen molar-refractivity contribution in [2.75, 3.05) is 0 Å². The van der Waals surface area contributed by atoms with E-state index >= 15 is 0 Å². The number of nitrogens with zero attached hydrogens (tertiary/aromatic N) is 20. The van der Waals surface area contributed by atoms with Crippen LogP contribution in [0.25, 0.3) is 115 Å². The highest BCUT2D eigenvalue weighted by Gasteiger charge is 2.27. The number of aromatic nitrogens is 20. The molecule has 0 unspecified atom stereocenters. The molecule has 0 bridgehead atoms. The molecule has 0 saturated carbocycles. The van der Waals surface area contributed by atoms with Crippen LogP contribution in [-0.2, 0) is 0 Å². The molecule has 0 aliphatic carbocycles. The maximum atomic E-state index is 14.0. The molecular weight excluding hydrogens is 1430 g/mol. The predicted molar refractivity (Wildman–Crippen MR) is 347 cm³/mol. The molecule has 0 spiro atoms. The molecule has 0 atom stereocenters. The van der Waals surface area contributed by atoms with Crippen molar-refractivity contribution in [3.05, 3.63) is 261 Å². The summed E-state index contributed by atoms with van der Waals surface area (Å²) in [6.07, 6.45) is 0. The minimum absolute atomic E-state index is 0.0382. The highest BCUT2D eigenvalue weighted by atomic mass is 79.9. The highest BCUT2D eigenvalue weighted by Crippen LogP contribution is 2.33. The average molecular weight is 1470 g/mol. The zero-order chi connectivity index (χ0) is 72.2. The van der Waals surface area contributed by atoms with Gasteiger partial charge in [0.1, 0.15) is 75.2 Å². The van der Waals surface area contributed by atoms with E-state index in [4.69, 9.17) is 18.1 Å². The van der Waals surface area contributed by atoms with Gasteiger partial charge in [-0.2, -0.15) is 19.9 Å². The van der Waals surface area contributed by atoms with Crippen molar-refractivity contribution >= 4 is 15.9 Å². The maximum Gasteiger partial charge on any atom is 0.280 e. The number of hydrogen-bond donors (Lipinski definition) is 0. The van der Waals surface area contributed by atoms with Crippen molar-refractivity contribution in [1.82, 2.24) is 101 Å². The van der Waals surface area contributed by atoms with Gasteiger partial charge in [0.05, 0.1) is 50.7 Å². The van der Waals surface area contributed by atoms with Gasteiger partial charge in [0.2, 0.25) is 23.3 Å². The van der Waals surface area contributed by atoms with Crippen LogP contribution < -0.4 is 0 Å². The van der Waals surface area contributed by atoms with Crippen LogP contribution in [-0.4, -0.2) is 101 Å². The lowest BCUT2D eigenvalue weighted by Crippen LogP contribution is -2.01. The summed E-state index contributed by atoms with van der Waals surface area (Å²) in [7, 11) is 0. The minimum atomic E-state index is -0.816. The molecule has 8 aromatic carbocycles. The molecule has 8 aromatic heterocycles. The summed E-state index contributed by atoms with van der Waals surface area (Å²) in [6, 6.07) is 41.3. The van der Waals surface area contributed by atoms with Gasteiger partial charge in [-0.1, -0.05) is 108 Å². The molecule has 0 amide bonds. The fourth-order valence-electron chi connectivity index (χ4n) is 9.92. The standard InChI is InChI=1S/C17H10BrF2N5O.2C17H10F3N5O.C17H11F2N5O/c1-9-15(22-24-25(9)14-5-3-2-4-12(14)18)17-21-16(23-26-17)11-8-10(19)6-7-13(11)20;1-9-15(22-24-25(9)13-8-3-2-5-10(13)18)17-21-16(23-26-17)14-11(19)6-4-7-12(14)20;1-9-15(22-24-25(9)14-5-3-2-4-13(14)20)17-21-16(23-26-17)11-8-10(18)6-7-12(11)19;1-10-15(21-23-24(10)14-9-5-4-8-13(14)19)17-20-16(22-25-17)11-6-2-3-7-12(11)18/h3*2-8H,1H3;2-9H,1H3. The minimum Gasteiger partial charge on any atom is -0.332 e. The normalized spacial score (nSPS) is 11.1. The van der Waals surface area contributed by atoms with Gasteiger partial charge in [-0.3, -0.25) is 0 Å². The average Bonchev–Trinajstić information content (AvgIpc) is 1.66. The first-order valence-corrected chi connectivity index (χ1v) is 30.7. The number of benzene rings is 8. The summed E-state index contributed by atoms with van der Waals surface area (Å²) in [5, 5.41) is 46.6. The number of rotatable bonds is 12. The van der Waals surface area contributed by atoms with Gasteiger partial charge >= 0.3 is 0 Å². The molecule has 16 aromatic rings. The monoisotopic (exact) mass is 1470 g/mol. The van der Waals surface area contributed by atoms with Crippen LogP contribution >= 0.6 is 15.9 Å². The van der Waals surface area contributed by atoms with Crippen molar-refractivity contribution in [3.8, 4) is 115 Å². The van der Waals surface area contributed by atoms with Gasteiger partial charge in [-0.05, 0) is 153 Å². The first-order valence-electron chi connectivity index (χ1n) is 29.9. The van der Waals surface area contributed by atoms with Gasteiger partial charge in [-0.25, -0.2) is 62.6 Å². The lowest BCUT2D eigenvalue weighted by atomic mass is 10.2. The molecule has 24 nitrogen and oxygen atoms in total. The second-order valence-corrected chi connectivity index (χ2v) is 22.4. The molecule has 0 saturated heterocycles. The van der Waals surface area contributed by atoms with Gasteiger partial charge < -0.3 is 18.1 Å². The van der Waals surface area contributed by atoms with E-state index in [0.29, 0.717) is 34.2 Å². The Labute approximate surface area is 579 Å². The molecule has 0 N–H and O–H groups in total. The molecule has 0 aliphatic heterocycles. The summed E-state index contributed by atoms with van der Waals surface area (Å²) in [5.74, 6) is -6.34. The molecule has 35 heteroatoms. The summed E-state index contributed by atoms with van der Waals surface area (Å²) < 4.78 is 165. The van der Waals surface area contributed by atoms with Gasteiger partial charge in [0, 0.05) is 4.47 Å². The first-order chi connectivity index (χ1) is 49.8. The van der Waals surface area contributed by atoms with Crippen molar-refractivity contribution in [3.63, 3.8) is 0 Å². The molecule has 8 heterocycles. The van der Waals surface area contributed by atoms with E-state index < -0.39 is 63.7 Å². The van der Waals surface area contributed by atoms with E-state index in [1.807, 2.05) is 24.3 Å². The predicted octanol–water partition coefficient (Wildman–Crippen LogP) is 15.3. The third-order valence-corrected chi connectivity index (χ3v) is 15.7. The fourth-order valence-corrected chi connectivity index (χ4v) is 10.4. The van der Waals surface area contributed by atoms with E-state index in [1.165, 1.54) is 50.4 Å². The molecule has 16 rings (SSSR count). The van der Waals surface area contributed by atoms with E-state index in [-0.39, 0.29) is 92.0 Å². The smallest absolute Gasteiger partial charge is 0.280 e. The Morgan fingerprint density at radius 1 is 0.291 bits per heavy atom. The van der Waals surface area contributed by atoms with Crippen LogP contribution in [0.3, 0.4) is 0 Å². The molecule has 0 aliphatic rings. The zero-order valence-corrected chi connectivity index (χ0v) is 54.6. The van der Waals surface area contributed by atoms with Gasteiger partial charge in [-0.15, -0.1) is 20.4 Å². The van der Waals surface area contributed by atoms with Crippen molar-refractivity contribution < 1.29 is 62.0 Å². The Morgan fingerprint density at radius 2 is 0.583 bits per heavy atom. The zero-order valence-electron chi connectivity index (χ0n) is 53.0. The van der Waals surface area contributed by atoms with Gasteiger partial charge in [0.25, 0.3) is 23.6 Å². The second kappa shape index (κ2) is 29.2. The quantitative estimate of drug-likeness (QED) is 0.103. The molecular formula is C68H41BrF10N20O4. The maximum absolute atomic E-state index is 14.0. The van der Waals surface area contributed by atoms with Gasteiger partial charge in [0.15, 0.2) is 22.8 Å². The van der Waals surface area contributed by atoms with Crippen LogP contribution in [0.15, 0.2) is 198 Å². The third-order valence-electron chi connectivity index (χ3n) is 15.1. The summed E-state index contributed by atoms with van der Waals surface area (Å²) in [5.41, 5.74) is 4.16. The summed E-state index contributed by atoms with van der Waals surface area (Å²) in [4.78, 5) is 16.3. The lowest BCUT2D eigenvalue weighted by molar-refractivity contribution is 0.429. The lowest BCUT2D eigenvalue weighted by Gasteiger charge is -2.04. The van der Waals surface area contributed by atoms with Crippen LogP contribution in [0, 0.1) is 85.9 Å². The molecule has 0 fully saturated rings. The van der Waals surface area contributed by atoms with Crippen molar-refractivity contribution in [2.45, 2.75) is 27.7 Å². The SMILES string of the molecule is Cc1c(-c2nc(-c3c(F)cccc3F)no2)nnn1-c1ccccc1F.Cc1c(-c2nc(-c3cc(F)ccc3F)no2)nnn1-c1ccccc1Br.Cc1c(-c2nc(-c3cc(F)ccc3F)no2)nnn1-c1ccccc1F.Cc1c(-c2nc(-c3ccccc3F)no2)nnn1-c1ccccc1F. The second-order valence-electron chi connectivity index (χ2n) is 21.6. The number of hydrogen-bond acceptors (Lipinski definition) is 20. The van der Waals surface area contributed by atoms with E-state index in [0.717, 1.165) is 58.7 Å². The Hall–Kier alpha value is -13.3. The Balaban J connectivity index is 0.000000122. The highest BCUT2D eigenvalue weighted by molar-refractivity contribution is 9.10. The van der Waals surface area contributed by atoms with Crippen LogP contribution in [0.1, 0.15) is 22.8 Å². The van der Waals surface area contributed by atoms with Crippen molar-refractivity contribution in [2.24, 2.45) is 0 Å². The Bertz CT molecular complexity index is 5570. The first kappa shape index (κ1) is 68.2. The number of para-hydroxylation sites is 4. The fraction of sp³-hybridized carbons (Fsp3) is 0.0588. The molecule has 0 radical (unpaired) electrons. The van der Waals surface area contributed by atoms with Crippen LogP contribution in [0.2, 0.25) is 0 Å². The van der Waals surface area contributed by atoms with E-state index in [9.17, 15) is 43.9 Å². The molecule has 103 heavy (non-hydrogen) atoms. The summed E-state index contributed by atoms with van der Waals surface area (Å²) in [6.45, 7) is 6.78. The van der Waals surface area contributed by atoms with E-state index in [1.54, 1.807) is 99.1 Å². The van der Waals surface area contributed by atoms with Crippen molar-refractivity contribution in [1.29, 1.82) is 0 Å². The van der Waals surface area contributed by atoms with E-state index in [2.05, 4.69) is 97.7 Å². The Morgan fingerprint density at radius 3 is 0.951 bits per heavy atom. The third kappa shape index (κ3) is 14.1. The topological polar surface area (TPSA) is 279 Å². The van der Waals surface area contributed by atoms with Crippen LogP contribution in [0.4, 0.5) is 43.9 Å². The Kier molecular flexibility index (Phi) is 19.4. The molecule has 514 valence electrons.